The highest BCUT2D eigenvalue weighted by atomic mass is 19.4. The van der Waals surface area contributed by atoms with E-state index in [1.165, 1.54) is 89.9 Å². The second-order valence-electron chi connectivity index (χ2n) is 6.93. The quantitative estimate of drug-likeness (QED) is 0.185. The Hall–Kier alpha value is -1.47. The molecule has 8 heteroatoms. The monoisotopic (exact) mass is 411 g/mol. The van der Waals surface area contributed by atoms with Gasteiger partial charge in [-0.3, -0.25) is 4.99 Å². The number of alkyl halides is 3. The van der Waals surface area contributed by atoms with Gasteiger partial charge in [0.25, 0.3) is 0 Å². The van der Waals surface area contributed by atoms with E-state index < -0.39 is 12.1 Å². The van der Waals surface area contributed by atoms with Gasteiger partial charge in [-0.2, -0.15) is 13.2 Å². The van der Waals surface area contributed by atoms with Gasteiger partial charge in [0, 0.05) is 13.6 Å². The van der Waals surface area contributed by atoms with E-state index in [1.54, 1.807) is 7.05 Å². The van der Waals surface area contributed by atoms with E-state index in [0.29, 0.717) is 5.96 Å². The molecule has 0 heterocycles. The van der Waals surface area contributed by atoms with E-state index in [0.717, 1.165) is 6.54 Å². The van der Waals surface area contributed by atoms with Gasteiger partial charge < -0.3 is 16.2 Å². The van der Waals surface area contributed by atoms with Crippen LogP contribution in [-0.4, -0.2) is 36.8 Å². The molecule has 0 aliphatic rings. The van der Waals surface area contributed by atoms with Crippen molar-refractivity contribution in [1.82, 2.24) is 5.32 Å². The first-order chi connectivity index (χ1) is 13.3. The lowest BCUT2D eigenvalue weighted by molar-refractivity contribution is -0.192. The minimum Gasteiger partial charge on any atom is -0.475 e. The first-order valence-electron chi connectivity index (χ1n) is 10.5. The Kier molecular flexibility index (Phi) is 20.8. The van der Waals surface area contributed by atoms with Crippen molar-refractivity contribution >= 4 is 11.9 Å². The molecule has 5 nitrogen and oxygen atoms in total. The summed E-state index contributed by atoms with van der Waals surface area (Å²) in [6.07, 6.45) is 14.5. The van der Waals surface area contributed by atoms with Crippen LogP contribution in [0.1, 0.15) is 96.8 Å². The number of carboxylic acids is 1. The fraction of sp³-hybridized carbons (Fsp3) is 0.900. The fourth-order valence-electron chi connectivity index (χ4n) is 2.62. The second-order valence-corrected chi connectivity index (χ2v) is 6.93. The predicted octanol–water partition coefficient (Wildman–Crippen LogP) is 5.64. The zero-order valence-electron chi connectivity index (χ0n) is 17.6. The summed E-state index contributed by atoms with van der Waals surface area (Å²) < 4.78 is 31.7. The van der Waals surface area contributed by atoms with Gasteiger partial charge in [-0.25, -0.2) is 4.79 Å². The largest absolute Gasteiger partial charge is 0.490 e. The molecule has 0 aromatic carbocycles. The van der Waals surface area contributed by atoms with Crippen molar-refractivity contribution in [1.29, 1.82) is 0 Å². The maximum Gasteiger partial charge on any atom is 0.490 e. The minimum atomic E-state index is -5.08. The SMILES string of the molecule is CCCCCCCCCCCCCCCCNC(N)=NC.O=C(O)C(F)(F)F. The van der Waals surface area contributed by atoms with E-state index in [2.05, 4.69) is 17.2 Å². The number of halogens is 3. The summed E-state index contributed by atoms with van der Waals surface area (Å²) in [6.45, 7) is 3.24. The predicted molar refractivity (Wildman–Crippen MR) is 110 cm³/mol. The highest BCUT2D eigenvalue weighted by molar-refractivity contribution is 5.77. The molecular formula is C20H40F3N3O2. The lowest BCUT2D eigenvalue weighted by Gasteiger charge is -2.05. The molecule has 0 aromatic heterocycles. The summed E-state index contributed by atoms with van der Waals surface area (Å²) in [7, 11) is 1.72. The Labute approximate surface area is 168 Å². The molecule has 0 fully saturated rings. The molecule has 0 spiro atoms. The number of hydrogen-bond acceptors (Lipinski definition) is 2. The molecule has 0 amide bonds. The van der Waals surface area contributed by atoms with Crippen LogP contribution in [0.2, 0.25) is 0 Å². The first kappa shape index (κ1) is 28.7. The highest BCUT2D eigenvalue weighted by Gasteiger charge is 2.38. The molecule has 4 N–H and O–H groups in total. The maximum atomic E-state index is 10.6. The number of aliphatic imine (C=N–C) groups is 1. The number of nitrogens with zero attached hydrogens (tertiary/aromatic N) is 1. The van der Waals surface area contributed by atoms with Crippen LogP contribution in [-0.2, 0) is 4.79 Å². The van der Waals surface area contributed by atoms with E-state index in [4.69, 9.17) is 15.6 Å². The Morgan fingerprint density at radius 2 is 1.18 bits per heavy atom. The lowest BCUT2D eigenvalue weighted by Crippen LogP contribution is -2.31. The van der Waals surface area contributed by atoms with Crippen LogP contribution in [0.25, 0.3) is 0 Å². The summed E-state index contributed by atoms with van der Waals surface area (Å²) in [5, 5.41) is 10.2. The molecule has 0 saturated heterocycles. The third-order valence-corrected chi connectivity index (χ3v) is 4.32. The second kappa shape index (κ2) is 20.3. The van der Waals surface area contributed by atoms with Crippen molar-refractivity contribution in [3.05, 3.63) is 0 Å². The Morgan fingerprint density at radius 3 is 1.46 bits per heavy atom. The van der Waals surface area contributed by atoms with Gasteiger partial charge in [-0.05, 0) is 6.42 Å². The first-order valence-corrected chi connectivity index (χ1v) is 10.5. The van der Waals surface area contributed by atoms with Crippen LogP contribution >= 0.6 is 0 Å². The molecule has 28 heavy (non-hydrogen) atoms. The molecule has 168 valence electrons. The van der Waals surface area contributed by atoms with Crippen molar-refractivity contribution in [2.24, 2.45) is 10.7 Å². The molecule has 0 radical (unpaired) electrons. The number of carbonyl (C=O) groups is 1. The Bertz CT molecular complexity index is 389. The van der Waals surface area contributed by atoms with Crippen LogP contribution in [0.5, 0.6) is 0 Å². The summed E-state index contributed by atoms with van der Waals surface area (Å²) in [4.78, 5) is 12.8. The summed E-state index contributed by atoms with van der Waals surface area (Å²) in [5.74, 6) is -2.20. The Morgan fingerprint density at radius 1 is 0.857 bits per heavy atom. The van der Waals surface area contributed by atoms with E-state index >= 15 is 0 Å². The number of aliphatic carboxylic acids is 1. The van der Waals surface area contributed by atoms with E-state index in [9.17, 15) is 13.2 Å². The average Bonchev–Trinajstić information content (AvgIpc) is 2.64. The van der Waals surface area contributed by atoms with Crippen molar-refractivity contribution in [3.8, 4) is 0 Å². The third kappa shape index (κ3) is 24.5. The molecule has 0 unspecified atom stereocenters. The third-order valence-electron chi connectivity index (χ3n) is 4.32. The molecule has 0 atom stereocenters. The van der Waals surface area contributed by atoms with Crippen LogP contribution in [0.3, 0.4) is 0 Å². The number of rotatable bonds is 15. The van der Waals surface area contributed by atoms with E-state index in [1.807, 2.05) is 0 Å². The number of nitrogens with two attached hydrogens (primary N) is 1. The molecular weight excluding hydrogens is 371 g/mol. The number of carboxylic acid groups (broad SMARTS) is 1. The van der Waals surface area contributed by atoms with Gasteiger partial charge in [-0.15, -0.1) is 0 Å². The van der Waals surface area contributed by atoms with Crippen LogP contribution in [0.15, 0.2) is 4.99 Å². The minimum absolute atomic E-state index is 0.560. The number of hydrogen-bond donors (Lipinski definition) is 3. The fourth-order valence-corrected chi connectivity index (χ4v) is 2.62. The summed E-state index contributed by atoms with van der Waals surface area (Å²) in [6, 6.07) is 0. The molecule has 0 aliphatic carbocycles. The summed E-state index contributed by atoms with van der Waals surface area (Å²) in [5.41, 5.74) is 5.57. The van der Waals surface area contributed by atoms with Gasteiger partial charge in [0.2, 0.25) is 0 Å². The van der Waals surface area contributed by atoms with Crippen LogP contribution < -0.4 is 11.1 Å². The van der Waals surface area contributed by atoms with Gasteiger partial charge in [0.1, 0.15) is 0 Å². The van der Waals surface area contributed by atoms with Gasteiger partial charge >= 0.3 is 12.1 Å². The normalized spacial score (nSPS) is 11.7. The molecule has 0 rings (SSSR count). The number of nitrogens with one attached hydrogen (secondary N) is 1. The zero-order valence-corrected chi connectivity index (χ0v) is 17.6. The van der Waals surface area contributed by atoms with Crippen molar-refractivity contribution in [2.75, 3.05) is 13.6 Å². The lowest BCUT2D eigenvalue weighted by atomic mass is 10.0. The van der Waals surface area contributed by atoms with Crippen LogP contribution in [0, 0.1) is 0 Å². The smallest absolute Gasteiger partial charge is 0.475 e. The number of guanidine groups is 1. The maximum absolute atomic E-state index is 10.6. The molecule has 0 saturated carbocycles. The topological polar surface area (TPSA) is 87.7 Å². The average molecular weight is 412 g/mol. The van der Waals surface area contributed by atoms with Gasteiger partial charge in [0.15, 0.2) is 5.96 Å². The number of unbranched alkanes of at least 4 members (excludes halogenated alkanes) is 13. The highest BCUT2D eigenvalue weighted by Crippen LogP contribution is 2.13. The van der Waals surface area contributed by atoms with Crippen molar-refractivity contribution < 1.29 is 23.1 Å². The van der Waals surface area contributed by atoms with E-state index in [-0.39, 0.29) is 0 Å². The Balaban J connectivity index is 0. The zero-order chi connectivity index (χ0) is 21.7. The molecule has 0 aliphatic heterocycles. The molecule has 0 bridgehead atoms. The van der Waals surface area contributed by atoms with Crippen molar-refractivity contribution in [3.63, 3.8) is 0 Å². The van der Waals surface area contributed by atoms with Gasteiger partial charge in [0.05, 0.1) is 0 Å². The summed E-state index contributed by atoms with van der Waals surface area (Å²) >= 11 is 0. The van der Waals surface area contributed by atoms with Crippen LogP contribution in [0.4, 0.5) is 13.2 Å². The molecule has 0 aromatic rings. The van der Waals surface area contributed by atoms with Crippen molar-refractivity contribution in [2.45, 2.75) is 103 Å². The standard InChI is InChI=1S/C18H39N3.C2HF3O2/c1-3-4-5-6-7-8-9-10-11-12-13-14-15-16-17-21-18(19)20-2;3-2(4,5)1(6)7/h3-17H2,1-2H3,(H3,19,20,21);(H,6,7). The van der Waals surface area contributed by atoms with Gasteiger partial charge in [-0.1, -0.05) is 90.4 Å².